The summed E-state index contributed by atoms with van der Waals surface area (Å²) in [7, 11) is 0. The van der Waals surface area contributed by atoms with E-state index in [-0.39, 0.29) is 0 Å². The smallest absolute Gasteiger partial charge is 0.0516 e. The fraction of sp³-hybridized carbons (Fsp3) is 0.400. The van der Waals surface area contributed by atoms with E-state index in [0.29, 0.717) is 12.0 Å². The van der Waals surface area contributed by atoms with E-state index in [2.05, 4.69) is 82.4 Å². The van der Waals surface area contributed by atoms with E-state index in [0.717, 1.165) is 6.42 Å². The molecule has 2 aromatic rings. The van der Waals surface area contributed by atoms with Gasteiger partial charge >= 0.3 is 0 Å². The molecular weight excluding hydrogens is 254 g/mol. The van der Waals surface area contributed by atoms with Crippen molar-refractivity contribution < 1.29 is 0 Å². The molecule has 1 N–H and O–H groups in total. The van der Waals surface area contributed by atoms with E-state index in [1.807, 2.05) is 0 Å². The standard InChI is InChI=1S/C20H27N/c1-14(2)11-19(18-9-7-6-8-10-18)21-20-16(4)12-15(3)13-17(20)5/h6-10,12-14,19,21H,11H2,1-5H3. The van der Waals surface area contributed by atoms with E-state index >= 15 is 0 Å². The van der Waals surface area contributed by atoms with Crippen molar-refractivity contribution in [2.24, 2.45) is 5.92 Å². The molecule has 2 rings (SSSR count). The molecule has 0 heterocycles. The molecule has 2 aromatic carbocycles. The Kier molecular flexibility index (Phi) is 5.06. The molecule has 0 radical (unpaired) electrons. The summed E-state index contributed by atoms with van der Waals surface area (Å²) in [6, 6.07) is 15.7. The number of rotatable bonds is 5. The first-order valence-corrected chi connectivity index (χ1v) is 7.86. The number of aryl methyl sites for hydroxylation is 3. The lowest BCUT2D eigenvalue weighted by molar-refractivity contribution is 0.530. The minimum atomic E-state index is 0.367. The molecule has 1 unspecified atom stereocenters. The first kappa shape index (κ1) is 15.6. The Morgan fingerprint density at radius 2 is 1.48 bits per heavy atom. The van der Waals surface area contributed by atoms with Gasteiger partial charge in [0, 0.05) is 5.69 Å². The van der Waals surface area contributed by atoms with E-state index in [1.54, 1.807) is 0 Å². The van der Waals surface area contributed by atoms with Gasteiger partial charge in [0.05, 0.1) is 6.04 Å². The third kappa shape index (κ3) is 4.10. The van der Waals surface area contributed by atoms with E-state index in [4.69, 9.17) is 0 Å². The molecule has 0 aliphatic heterocycles. The molecule has 0 bridgehead atoms. The van der Waals surface area contributed by atoms with Gasteiger partial charge in [0.2, 0.25) is 0 Å². The monoisotopic (exact) mass is 281 g/mol. The molecule has 0 amide bonds. The van der Waals surface area contributed by atoms with Crippen molar-refractivity contribution in [2.45, 2.75) is 47.1 Å². The van der Waals surface area contributed by atoms with E-state index in [1.165, 1.54) is 27.9 Å². The topological polar surface area (TPSA) is 12.0 Å². The molecule has 0 aliphatic carbocycles. The van der Waals surface area contributed by atoms with Crippen LogP contribution in [0.4, 0.5) is 5.69 Å². The first-order chi connectivity index (χ1) is 9.97. The largest absolute Gasteiger partial charge is 0.378 e. The normalized spacial score (nSPS) is 12.5. The molecule has 21 heavy (non-hydrogen) atoms. The summed E-state index contributed by atoms with van der Waals surface area (Å²) in [5, 5.41) is 3.79. The van der Waals surface area contributed by atoms with Gasteiger partial charge in [-0.1, -0.05) is 61.9 Å². The summed E-state index contributed by atoms with van der Waals surface area (Å²) in [5.74, 6) is 0.661. The molecule has 1 atom stereocenters. The SMILES string of the molecule is Cc1cc(C)c(NC(CC(C)C)c2ccccc2)c(C)c1. The highest BCUT2D eigenvalue weighted by Gasteiger charge is 2.15. The highest BCUT2D eigenvalue weighted by atomic mass is 14.9. The van der Waals surface area contributed by atoms with Gasteiger partial charge in [0.15, 0.2) is 0 Å². The molecule has 0 saturated heterocycles. The Bertz CT molecular complexity index is 561. The van der Waals surface area contributed by atoms with Gasteiger partial charge in [-0.25, -0.2) is 0 Å². The van der Waals surface area contributed by atoms with Crippen molar-refractivity contribution in [3.63, 3.8) is 0 Å². The van der Waals surface area contributed by atoms with Crippen LogP contribution in [-0.4, -0.2) is 0 Å². The van der Waals surface area contributed by atoms with Crippen LogP contribution in [0.25, 0.3) is 0 Å². The predicted octanol–water partition coefficient (Wildman–Crippen LogP) is 5.81. The number of nitrogens with one attached hydrogen (secondary N) is 1. The zero-order valence-corrected chi connectivity index (χ0v) is 13.9. The fourth-order valence-electron chi connectivity index (χ4n) is 3.02. The molecule has 0 aromatic heterocycles. The molecule has 1 heteroatoms. The highest BCUT2D eigenvalue weighted by Crippen LogP contribution is 2.30. The molecule has 0 aliphatic rings. The number of anilines is 1. The second-order valence-electron chi connectivity index (χ2n) is 6.51. The van der Waals surface area contributed by atoms with Crippen LogP contribution in [0, 0.1) is 26.7 Å². The van der Waals surface area contributed by atoms with Gasteiger partial charge in [-0.05, 0) is 49.8 Å². The van der Waals surface area contributed by atoms with Crippen LogP contribution in [0.15, 0.2) is 42.5 Å². The second-order valence-corrected chi connectivity index (χ2v) is 6.51. The van der Waals surface area contributed by atoms with Crippen molar-refractivity contribution >= 4 is 5.69 Å². The van der Waals surface area contributed by atoms with Gasteiger partial charge in [-0.3, -0.25) is 0 Å². The van der Waals surface area contributed by atoms with Crippen LogP contribution in [0.5, 0.6) is 0 Å². The van der Waals surface area contributed by atoms with Gasteiger partial charge in [-0.15, -0.1) is 0 Å². The van der Waals surface area contributed by atoms with Crippen molar-refractivity contribution in [3.8, 4) is 0 Å². The maximum absolute atomic E-state index is 3.79. The number of benzene rings is 2. The Hall–Kier alpha value is -1.76. The summed E-state index contributed by atoms with van der Waals surface area (Å²) < 4.78 is 0. The Labute approximate surface area is 129 Å². The molecule has 1 nitrogen and oxygen atoms in total. The van der Waals surface area contributed by atoms with Crippen LogP contribution in [-0.2, 0) is 0 Å². The maximum atomic E-state index is 3.79. The van der Waals surface area contributed by atoms with E-state index in [9.17, 15) is 0 Å². The molecule has 0 fully saturated rings. The third-order valence-corrected chi connectivity index (χ3v) is 3.90. The first-order valence-electron chi connectivity index (χ1n) is 7.86. The zero-order chi connectivity index (χ0) is 15.4. The van der Waals surface area contributed by atoms with Gasteiger partial charge in [-0.2, -0.15) is 0 Å². The predicted molar refractivity (Wildman–Crippen MR) is 92.9 cm³/mol. The summed E-state index contributed by atoms with van der Waals surface area (Å²) in [4.78, 5) is 0. The van der Waals surface area contributed by atoms with Crippen LogP contribution in [0.3, 0.4) is 0 Å². The summed E-state index contributed by atoms with van der Waals surface area (Å²) in [5.41, 5.74) is 6.64. The van der Waals surface area contributed by atoms with Crippen molar-refractivity contribution in [3.05, 3.63) is 64.7 Å². The van der Waals surface area contributed by atoms with E-state index < -0.39 is 0 Å². The molecule has 0 spiro atoms. The van der Waals surface area contributed by atoms with Crippen LogP contribution in [0.1, 0.15) is 48.6 Å². The number of hydrogen-bond acceptors (Lipinski definition) is 1. The van der Waals surface area contributed by atoms with Gasteiger partial charge in [0.1, 0.15) is 0 Å². The van der Waals surface area contributed by atoms with Crippen LogP contribution in [0.2, 0.25) is 0 Å². The third-order valence-electron chi connectivity index (χ3n) is 3.90. The Morgan fingerprint density at radius 3 is 2.00 bits per heavy atom. The van der Waals surface area contributed by atoms with Gasteiger partial charge in [0.25, 0.3) is 0 Å². The minimum absolute atomic E-state index is 0.367. The quantitative estimate of drug-likeness (QED) is 0.729. The minimum Gasteiger partial charge on any atom is -0.378 e. The van der Waals surface area contributed by atoms with Crippen molar-refractivity contribution in [1.82, 2.24) is 0 Å². The van der Waals surface area contributed by atoms with Crippen LogP contribution < -0.4 is 5.32 Å². The lowest BCUT2D eigenvalue weighted by Gasteiger charge is -2.25. The Balaban J connectivity index is 2.32. The molecule has 112 valence electrons. The lowest BCUT2D eigenvalue weighted by atomic mass is 9.95. The number of hydrogen-bond donors (Lipinski definition) is 1. The molecule has 0 saturated carbocycles. The molecular formula is C20H27N. The highest BCUT2D eigenvalue weighted by molar-refractivity contribution is 5.59. The van der Waals surface area contributed by atoms with Gasteiger partial charge < -0.3 is 5.32 Å². The summed E-state index contributed by atoms with van der Waals surface area (Å²) >= 11 is 0. The average molecular weight is 281 g/mol. The van der Waals surface area contributed by atoms with Crippen LogP contribution >= 0.6 is 0 Å². The summed E-state index contributed by atoms with van der Waals surface area (Å²) in [6.07, 6.45) is 1.14. The second kappa shape index (κ2) is 6.80. The maximum Gasteiger partial charge on any atom is 0.0516 e. The van der Waals surface area contributed by atoms with Crippen molar-refractivity contribution in [2.75, 3.05) is 5.32 Å². The lowest BCUT2D eigenvalue weighted by Crippen LogP contribution is -2.15. The van der Waals surface area contributed by atoms with Crippen molar-refractivity contribution in [1.29, 1.82) is 0 Å². The summed E-state index contributed by atoms with van der Waals surface area (Å²) in [6.45, 7) is 11.1. The fourth-order valence-corrected chi connectivity index (χ4v) is 3.02. The average Bonchev–Trinajstić information content (AvgIpc) is 2.42. The Morgan fingerprint density at radius 1 is 0.905 bits per heavy atom. The zero-order valence-electron chi connectivity index (χ0n) is 13.9.